The average Bonchev–Trinajstić information content (AvgIpc) is 2.81. The zero-order valence-electron chi connectivity index (χ0n) is 10.3. The highest BCUT2D eigenvalue weighted by molar-refractivity contribution is 7.16. The summed E-state index contributed by atoms with van der Waals surface area (Å²) >= 11 is 1.66. The molecule has 5 nitrogen and oxygen atoms in total. The van der Waals surface area contributed by atoms with Crippen molar-refractivity contribution in [2.45, 2.75) is 57.0 Å². The van der Waals surface area contributed by atoms with E-state index in [-0.39, 0.29) is 0 Å². The van der Waals surface area contributed by atoms with Crippen molar-refractivity contribution in [3.63, 3.8) is 0 Å². The number of rotatable bonds is 4. The molecule has 0 saturated heterocycles. The van der Waals surface area contributed by atoms with Gasteiger partial charge in [0.05, 0.1) is 0 Å². The minimum Gasteiger partial charge on any atom is -0.308 e. The Morgan fingerprint density at radius 2 is 2.00 bits per heavy atom. The van der Waals surface area contributed by atoms with Gasteiger partial charge >= 0.3 is 0 Å². The van der Waals surface area contributed by atoms with Crippen LogP contribution in [0.15, 0.2) is 0 Å². The molecule has 2 fully saturated rings. The quantitative estimate of drug-likeness (QED) is 0.917. The third kappa shape index (κ3) is 1.93. The number of fused-ring (bicyclic) bond motifs is 1. The molecule has 0 aliphatic heterocycles. The SMILES string of the molecule is C1CCC(c2nnc3sc(CNC4CC4)nn23)C1. The molecule has 0 bridgehead atoms. The highest BCUT2D eigenvalue weighted by Gasteiger charge is 2.25. The van der Waals surface area contributed by atoms with Crippen LogP contribution in [0.2, 0.25) is 0 Å². The largest absolute Gasteiger partial charge is 0.308 e. The Kier molecular flexibility index (Phi) is 2.58. The molecule has 2 aliphatic carbocycles. The Balaban J connectivity index is 1.59. The standard InChI is InChI=1S/C12H17N5S/c1-2-4-8(3-1)11-14-15-12-17(11)16-10(18-12)7-13-9-5-6-9/h8-9,13H,1-7H2. The first-order valence-corrected chi connectivity index (χ1v) is 7.66. The summed E-state index contributed by atoms with van der Waals surface area (Å²) in [7, 11) is 0. The molecule has 2 aromatic rings. The van der Waals surface area contributed by atoms with E-state index in [0.29, 0.717) is 5.92 Å². The number of hydrogen-bond acceptors (Lipinski definition) is 5. The molecule has 2 aromatic heterocycles. The van der Waals surface area contributed by atoms with Crippen molar-refractivity contribution < 1.29 is 0 Å². The van der Waals surface area contributed by atoms with Crippen LogP contribution in [0.5, 0.6) is 0 Å². The van der Waals surface area contributed by atoms with Gasteiger partial charge in [0.2, 0.25) is 4.96 Å². The fraction of sp³-hybridized carbons (Fsp3) is 0.750. The molecule has 2 heterocycles. The second kappa shape index (κ2) is 4.28. The van der Waals surface area contributed by atoms with E-state index >= 15 is 0 Å². The first-order valence-electron chi connectivity index (χ1n) is 6.84. The van der Waals surface area contributed by atoms with Crippen LogP contribution in [0.4, 0.5) is 0 Å². The maximum Gasteiger partial charge on any atom is 0.234 e. The van der Waals surface area contributed by atoms with Crippen LogP contribution in [-0.2, 0) is 6.54 Å². The van der Waals surface area contributed by atoms with Gasteiger partial charge in [-0.25, -0.2) is 0 Å². The first kappa shape index (κ1) is 10.9. The maximum atomic E-state index is 4.66. The predicted molar refractivity (Wildman–Crippen MR) is 69.7 cm³/mol. The van der Waals surface area contributed by atoms with Crippen molar-refractivity contribution in [3.8, 4) is 0 Å². The highest BCUT2D eigenvalue weighted by atomic mass is 32.1. The molecule has 0 unspecified atom stereocenters. The summed E-state index contributed by atoms with van der Waals surface area (Å²) < 4.78 is 1.98. The third-order valence-electron chi connectivity index (χ3n) is 3.90. The van der Waals surface area contributed by atoms with Crippen LogP contribution >= 0.6 is 11.3 Å². The average molecular weight is 263 g/mol. The molecule has 18 heavy (non-hydrogen) atoms. The van der Waals surface area contributed by atoms with Crippen LogP contribution < -0.4 is 5.32 Å². The molecule has 0 spiro atoms. The van der Waals surface area contributed by atoms with E-state index in [9.17, 15) is 0 Å². The first-order chi connectivity index (χ1) is 8.90. The van der Waals surface area contributed by atoms with Gasteiger partial charge in [-0.2, -0.15) is 9.61 Å². The van der Waals surface area contributed by atoms with Gasteiger partial charge in [-0.3, -0.25) is 0 Å². The van der Waals surface area contributed by atoms with Gasteiger partial charge in [0.15, 0.2) is 5.82 Å². The Morgan fingerprint density at radius 1 is 1.17 bits per heavy atom. The summed E-state index contributed by atoms with van der Waals surface area (Å²) in [5.74, 6) is 1.66. The predicted octanol–water partition coefficient (Wildman–Crippen LogP) is 2.10. The van der Waals surface area contributed by atoms with Gasteiger partial charge in [-0.15, -0.1) is 10.2 Å². The smallest absolute Gasteiger partial charge is 0.234 e. The Bertz CT molecular complexity index is 550. The van der Waals surface area contributed by atoms with E-state index in [2.05, 4.69) is 20.6 Å². The molecule has 2 saturated carbocycles. The number of hydrogen-bond donors (Lipinski definition) is 1. The van der Waals surface area contributed by atoms with E-state index in [4.69, 9.17) is 0 Å². The van der Waals surface area contributed by atoms with E-state index in [1.54, 1.807) is 11.3 Å². The van der Waals surface area contributed by atoms with Gasteiger partial charge in [0.1, 0.15) is 5.01 Å². The Morgan fingerprint density at radius 3 is 2.78 bits per heavy atom. The lowest BCUT2D eigenvalue weighted by Gasteiger charge is -2.03. The summed E-state index contributed by atoms with van der Waals surface area (Å²) in [6, 6.07) is 0.730. The molecule has 0 amide bonds. The van der Waals surface area contributed by atoms with Crippen molar-refractivity contribution in [3.05, 3.63) is 10.8 Å². The number of nitrogens with zero attached hydrogens (tertiary/aromatic N) is 4. The zero-order valence-corrected chi connectivity index (χ0v) is 11.1. The van der Waals surface area contributed by atoms with Gasteiger partial charge in [-0.1, -0.05) is 24.2 Å². The molecule has 4 rings (SSSR count). The second-order valence-electron chi connectivity index (χ2n) is 5.38. The van der Waals surface area contributed by atoms with Gasteiger partial charge in [0.25, 0.3) is 0 Å². The van der Waals surface area contributed by atoms with Gasteiger partial charge in [-0.05, 0) is 25.7 Å². The molecule has 2 aliphatic rings. The third-order valence-corrected chi connectivity index (χ3v) is 4.80. The molecular formula is C12H17N5S. The number of nitrogens with one attached hydrogen (secondary N) is 1. The molecule has 0 radical (unpaired) electrons. The van der Waals surface area contributed by atoms with Crippen LogP contribution in [0, 0.1) is 0 Å². The number of aromatic nitrogens is 4. The van der Waals surface area contributed by atoms with Crippen LogP contribution in [0.25, 0.3) is 4.96 Å². The van der Waals surface area contributed by atoms with E-state index in [1.165, 1.54) is 38.5 Å². The minimum atomic E-state index is 0.575. The van der Waals surface area contributed by atoms with Gasteiger partial charge < -0.3 is 5.32 Å². The van der Waals surface area contributed by atoms with Crippen molar-refractivity contribution in [1.29, 1.82) is 0 Å². The fourth-order valence-electron chi connectivity index (χ4n) is 2.70. The lowest BCUT2D eigenvalue weighted by molar-refractivity contribution is 0.627. The summed E-state index contributed by atoms with van der Waals surface area (Å²) in [5, 5.41) is 17.9. The van der Waals surface area contributed by atoms with Crippen molar-refractivity contribution in [2.24, 2.45) is 0 Å². The van der Waals surface area contributed by atoms with Crippen molar-refractivity contribution in [2.75, 3.05) is 0 Å². The Hall–Kier alpha value is -1.01. The van der Waals surface area contributed by atoms with Crippen molar-refractivity contribution in [1.82, 2.24) is 25.1 Å². The Labute approximate surface area is 110 Å². The van der Waals surface area contributed by atoms with Crippen LogP contribution in [0.3, 0.4) is 0 Å². The van der Waals surface area contributed by atoms with Crippen LogP contribution in [-0.4, -0.2) is 25.9 Å². The van der Waals surface area contributed by atoms with E-state index in [0.717, 1.165) is 28.4 Å². The minimum absolute atomic E-state index is 0.575. The molecule has 1 N–H and O–H groups in total. The zero-order chi connectivity index (χ0) is 11.9. The fourth-order valence-corrected chi connectivity index (χ4v) is 3.49. The molecule has 6 heteroatoms. The van der Waals surface area contributed by atoms with Crippen molar-refractivity contribution >= 4 is 16.3 Å². The molecule has 0 atom stereocenters. The lowest BCUT2D eigenvalue weighted by Crippen LogP contribution is -2.15. The monoisotopic (exact) mass is 263 g/mol. The normalized spacial score (nSPS) is 21.1. The summed E-state index contributed by atoms with van der Waals surface area (Å²) in [6.45, 7) is 0.878. The summed E-state index contributed by atoms with van der Waals surface area (Å²) in [6.07, 6.45) is 7.76. The van der Waals surface area contributed by atoms with Crippen LogP contribution in [0.1, 0.15) is 55.3 Å². The maximum absolute atomic E-state index is 4.66. The molecular weight excluding hydrogens is 246 g/mol. The molecule has 96 valence electrons. The summed E-state index contributed by atoms with van der Waals surface area (Å²) in [5.41, 5.74) is 0. The lowest BCUT2D eigenvalue weighted by atomic mass is 10.1. The van der Waals surface area contributed by atoms with E-state index < -0.39 is 0 Å². The molecule has 0 aromatic carbocycles. The highest BCUT2D eigenvalue weighted by Crippen LogP contribution is 2.33. The second-order valence-corrected chi connectivity index (χ2v) is 6.43. The van der Waals surface area contributed by atoms with Gasteiger partial charge in [0, 0.05) is 18.5 Å². The topological polar surface area (TPSA) is 55.1 Å². The van der Waals surface area contributed by atoms with E-state index in [1.807, 2.05) is 4.52 Å². The summed E-state index contributed by atoms with van der Waals surface area (Å²) in [4.78, 5) is 0.949.